The predicted molar refractivity (Wildman–Crippen MR) is 71.7 cm³/mol. The van der Waals surface area contributed by atoms with Crippen LogP contribution in [-0.4, -0.2) is 22.8 Å². The van der Waals surface area contributed by atoms with Crippen LogP contribution in [0.15, 0.2) is 18.2 Å². The summed E-state index contributed by atoms with van der Waals surface area (Å²) in [6.45, 7) is 1.58. The summed E-state index contributed by atoms with van der Waals surface area (Å²) in [6, 6.07) is 5.49. The normalized spacial score (nSPS) is 12.7. The summed E-state index contributed by atoms with van der Waals surface area (Å²) in [5.74, 6) is 0.739. The molecular formula is C11H15Cl2NOS. The highest BCUT2D eigenvalue weighted by Crippen LogP contribution is 2.18. The highest BCUT2D eigenvalue weighted by atomic mass is 35.5. The van der Waals surface area contributed by atoms with Gasteiger partial charge in [-0.25, -0.2) is 0 Å². The van der Waals surface area contributed by atoms with Gasteiger partial charge in [0.25, 0.3) is 0 Å². The number of rotatable bonds is 6. The van der Waals surface area contributed by atoms with Gasteiger partial charge in [-0.3, -0.25) is 4.21 Å². The van der Waals surface area contributed by atoms with Crippen molar-refractivity contribution in [3.05, 3.63) is 33.8 Å². The highest BCUT2D eigenvalue weighted by molar-refractivity contribution is 7.84. The van der Waals surface area contributed by atoms with Gasteiger partial charge in [0.15, 0.2) is 0 Å². The van der Waals surface area contributed by atoms with Crippen molar-refractivity contribution >= 4 is 34.0 Å². The summed E-state index contributed by atoms with van der Waals surface area (Å²) in [5.41, 5.74) is 1.06. The summed E-state index contributed by atoms with van der Waals surface area (Å²) in [7, 11) is -0.703. The van der Waals surface area contributed by atoms with E-state index in [9.17, 15) is 4.21 Å². The molecule has 1 N–H and O–H groups in total. The van der Waals surface area contributed by atoms with Crippen molar-refractivity contribution in [1.82, 2.24) is 5.32 Å². The van der Waals surface area contributed by atoms with Crippen LogP contribution >= 0.6 is 23.2 Å². The van der Waals surface area contributed by atoms with E-state index in [1.165, 1.54) is 0 Å². The average molecular weight is 280 g/mol. The molecule has 5 heteroatoms. The van der Waals surface area contributed by atoms with E-state index in [-0.39, 0.29) is 0 Å². The zero-order chi connectivity index (χ0) is 12.0. The molecule has 0 aliphatic carbocycles. The number of nitrogens with one attached hydrogen (secondary N) is 1. The van der Waals surface area contributed by atoms with Crippen LogP contribution in [0.1, 0.15) is 12.0 Å². The highest BCUT2D eigenvalue weighted by Gasteiger charge is 1.98. The number of hydrogen-bond donors (Lipinski definition) is 1. The molecular weight excluding hydrogens is 265 g/mol. The minimum atomic E-state index is -0.703. The Morgan fingerprint density at radius 1 is 1.25 bits per heavy atom. The minimum absolute atomic E-state index is 0.652. The van der Waals surface area contributed by atoms with Crippen molar-refractivity contribution in [2.45, 2.75) is 13.0 Å². The molecule has 0 bridgehead atoms. The van der Waals surface area contributed by atoms with Gasteiger partial charge in [-0.15, -0.1) is 0 Å². The minimum Gasteiger partial charge on any atom is -0.313 e. The van der Waals surface area contributed by atoms with Crippen LogP contribution in [0.3, 0.4) is 0 Å². The van der Waals surface area contributed by atoms with Gasteiger partial charge in [0, 0.05) is 39.4 Å². The zero-order valence-corrected chi connectivity index (χ0v) is 11.5. The summed E-state index contributed by atoms with van der Waals surface area (Å²) in [4.78, 5) is 0. The van der Waals surface area contributed by atoms with Crippen LogP contribution < -0.4 is 5.32 Å². The Balaban J connectivity index is 2.29. The van der Waals surface area contributed by atoms with E-state index in [1.54, 1.807) is 12.3 Å². The number of hydrogen-bond acceptors (Lipinski definition) is 2. The molecule has 0 heterocycles. The monoisotopic (exact) mass is 279 g/mol. The van der Waals surface area contributed by atoms with Gasteiger partial charge in [-0.1, -0.05) is 23.2 Å². The number of halogens is 2. The van der Waals surface area contributed by atoms with Gasteiger partial charge >= 0.3 is 0 Å². The van der Waals surface area contributed by atoms with E-state index in [2.05, 4.69) is 5.32 Å². The standard InChI is InChI=1S/C11H15Cl2NOS/c1-16(15)4-2-3-14-8-9-5-10(12)7-11(13)6-9/h5-7,14H,2-4,8H2,1H3. The van der Waals surface area contributed by atoms with Crippen LogP contribution in [0.2, 0.25) is 10.0 Å². The Hall–Kier alpha value is -0.0900. The van der Waals surface area contributed by atoms with Crippen molar-refractivity contribution in [3.8, 4) is 0 Å². The first kappa shape index (κ1) is 14.0. The average Bonchev–Trinajstić information content (AvgIpc) is 2.15. The maximum Gasteiger partial charge on any atom is 0.0424 e. The third kappa shape index (κ3) is 5.85. The first-order valence-electron chi connectivity index (χ1n) is 5.03. The zero-order valence-electron chi connectivity index (χ0n) is 9.13. The fourth-order valence-corrected chi connectivity index (χ4v) is 2.47. The second-order valence-electron chi connectivity index (χ2n) is 3.59. The van der Waals surface area contributed by atoms with E-state index >= 15 is 0 Å². The third-order valence-electron chi connectivity index (χ3n) is 2.04. The number of benzene rings is 1. The van der Waals surface area contributed by atoms with Crippen molar-refractivity contribution in [2.75, 3.05) is 18.6 Å². The van der Waals surface area contributed by atoms with Crippen LogP contribution in [0.5, 0.6) is 0 Å². The van der Waals surface area contributed by atoms with E-state index in [1.807, 2.05) is 12.1 Å². The van der Waals surface area contributed by atoms with E-state index in [0.29, 0.717) is 10.0 Å². The molecule has 0 amide bonds. The Morgan fingerprint density at radius 2 is 1.88 bits per heavy atom. The van der Waals surface area contributed by atoms with Crippen molar-refractivity contribution < 1.29 is 4.21 Å². The van der Waals surface area contributed by atoms with Gasteiger partial charge in [0.1, 0.15) is 0 Å². The van der Waals surface area contributed by atoms with E-state index < -0.39 is 10.8 Å². The second-order valence-corrected chi connectivity index (χ2v) is 6.01. The molecule has 1 aromatic carbocycles. The van der Waals surface area contributed by atoms with E-state index in [0.717, 1.165) is 30.8 Å². The smallest absolute Gasteiger partial charge is 0.0424 e. The molecule has 16 heavy (non-hydrogen) atoms. The van der Waals surface area contributed by atoms with Gasteiger partial charge in [0.2, 0.25) is 0 Å². The van der Waals surface area contributed by atoms with Gasteiger partial charge in [0.05, 0.1) is 0 Å². The molecule has 0 saturated carbocycles. The summed E-state index contributed by atoms with van der Waals surface area (Å²) in [5, 5.41) is 4.56. The summed E-state index contributed by atoms with van der Waals surface area (Å²) < 4.78 is 10.8. The lowest BCUT2D eigenvalue weighted by atomic mass is 10.2. The SMILES string of the molecule is CS(=O)CCCNCc1cc(Cl)cc(Cl)c1. The first-order valence-corrected chi connectivity index (χ1v) is 7.52. The molecule has 0 aliphatic rings. The Morgan fingerprint density at radius 3 is 2.44 bits per heavy atom. The van der Waals surface area contributed by atoms with Crippen molar-refractivity contribution in [3.63, 3.8) is 0 Å². The topological polar surface area (TPSA) is 29.1 Å². The van der Waals surface area contributed by atoms with Crippen LogP contribution in [0.4, 0.5) is 0 Å². The van der Waals surface area contributed by atoms with Crippen LogP contribution in [-0.2, 0) is 17.3 Å². The van der Waals surface area contributed by atoms with Crippen LogP contribution in [0.25, 0.3) is 0 Å². The van der Waals surface area contributed by atoms with E-state index in [4.69, 9.17) is 23.2 Å². The van der Waals surface area contributed by atoms with Gasteiger partial charge in [-0.05, 0) is 36.7 Å². The van der Waals surface area contributed by atoms with Crippen molar-refractivity contribution in [1.29, 1.82) is 0 Å². The van der Waals surface area contributed by atoms with Gasteiger partial charge < -0.3 is 5.32 Å². The lowest BCUT2D eigenvalue weighted by molar-refractivity contribution is 0.662. The lowest BCUT2D eigenvalue weighted by Gasteiger charge is -2.05. The molecule has 0 radical (unpaired) electrons. The molecule has 0 aliphatic heterocycles. The van der Waals surface area contributed by atoms with Crippen LogP contribution in [0, 0.1) is 0 Å². The predicted octanol–water partition coefficient (Wildman–Crippen LogP) is 2.85. The molecule has 1 rings (SSSR count). The quantitative estimate of drug-likeness (QED) is 0.812. The van der Waals surface area contributed by atoms with Crippen molar-refractivity contribution in [2.24, 2.45) is 0 Å². The molecule has 1 aromatic rings. The molecule has 0 saturated heterocycles. The Labute approximate surface area is 109 Å². The summed E-state index contributed by atoms with van der Waals surface area (Å²) >= 11 is 11.8. The maximum absolute atomic E-state index is 10.8. The molecule has 90 valence electrons. The molecule has 1 unspecified atom stereocenters. The second kappa shape index (κ2) is 7.28. The Kier molecular flexibility index (Phi) is 6.36. The third-order valence-corrected chi connectivity index (χ3v) is 3.34. The largest absolute Gasteiger partial charge is 0.313 e. The lowest BCUT2D eigenvalue weighted by Crippen LogP contribution is -2.16. The first-order chi connectivity index (χ1) is 7.58. The molecule has 1 atom stereocenters. The summed E-state index contributed by atoms with van der Waals surface area (Å²) in [6.07, 6.45) is 2.63. The Bertz CT molecular complexity index is 351. The molecule has 0 fully saturated rings. The fourth-order valence-electron chi connectivity index (χ4n) is 1.35. The van der Waals surface area contributed by atoms with Gasteiger partial charge in [-0.2, -0.15) is 0 Å². The molecule has 0 aromatic heterocycles. The maximum atomic E-state index is 10.8. The molecule has 2 nitrogen and oxygen atoms in total. The fraction of sp³-hybridized carbons (Fsp3) is 0.455. The molecule has 0 spiro atoms.